The predicted octanol–water partition coefficient (Wildman–Crippen LogP) is 2.67. The maximum absolute atomic E-state index is 11.2. The molecule has 146 valence electrons. The summed E-state index contributed by atoms with van der Waals surface area (Å²) in [4.78, 5) is 13.1. The molecule has 0 spiro atoms. The molecule has 0 bridgehead atoms. The average molecular weight is 375 g/mol. The highest BCUT2D eigenvalue weighted by atomic mass is 16.6. The molecule has 3 rings (SSSR count). The van der Waals surface area contributed by atoms with Crippen molar-refractivity contribution in [1.29, 1.82) is 0 Å². The second kappa shape index (κ2) is 8.98. The summed E-state index contributed by atoms with van der Waals surface area (Å²) in [6.45, 7) is 6.24. The molecule has 1 atom stereocenters. The molecule has 1 aromatic heterocycles. The van der Waals surface area contributed by atoms with Crippen molar-refractivity contribution in [3.05, 3.63) is 57.5 Å². The van der Waals surface area contributed by atoms with Gasteiger partial charge in [-0.2, -0.15) is 0 Å². The lowest BCUT2D eigenvalue weighted by Gasteiger charge is -2.33. The standard InChI is InChI=1S/C19H25N3O5/c1-14-3-5-19(27-14)17(21-7-9-26-10-8-21)13-20-12-15-4-6-18(25-2)16(11-15)22(23)24/h3-6,11,17,20H,7-10,12-13H2,1-2H3. The first-order chi connectivity index (χ1) is 13.1. The summed E-state index contributed by atoms with van der Waals surface area (Å²) in [6, 6.07) is 9.08. The number of nitro benzene ring substituents is 1. The van der Waals surface area contributed by atoms with Crippen LogP contribution in [0.1, 0.15) is 23.1 Å². The molecule has 1 aliphatic rings. The summed E-state index contributed by atoms with van der Waals surface area (Å²) in [5, 5.41) is 14.6. The van der Waals surface area contributed by atoms with Gasteiger partial charge in [-0.1, -0.05) is 6.07 Å². The highest BCUT2D eigenvalue weighted by Crippen LogP contribution is 2.28. The van der Waals surface area contributed by atoms with E-state index in [2.05, 4.69) is 10.2 Å². The van der Waals surface area contributed by atoms with Crippen molar-refractivity contribution >= 4 is 5.69 Å². The van der Waals surface area contributed by atoms with Crippen LogP contribution in [0, 0.1) is 17.0 Å². The number of rotatable bonds is 8. The molecule has 2 heterocycles. The van der Waals surface area contributed by atoms with Crippen LogP contribution in [0.25, 0.3) is 0 Å². The Morgan fingerprint density at radius 2 is 2.07 bits per heavy atom. The third kappa shape index (κ3) is 4.85. The molecule has 0 saturated carbocycles. The number of furan rings is 1. The molecular weight excluding hydrogens is 350 g/mol. The van der Waals surface area contributed by atoms with Gasteiger partial charge in [-0.3, -0.25) is 15.0 Å². The Balaban J connectivity index is 1.67. The van der Waals surface area contributed by atoms with E-state index in [1.54, 1.807) is 12.1 Å². The topological polar surface area (TPSA) is 90.0 Å². The zero-order valence-corrected chi connectivity index (χ0v) is 15.6. The fraction of sp³-hybridized carbons (Fsp3) is 0.474. The highest BCUT2D eigenvalue weighted by Gasteiger charge is 2.25. The molecule has 1 fully saturated rings. The Labute approximate surface area is 158 Å². The second-order valence-corrected chi connectivity index (χ2v) is 6.51. The summed E-state index contributed by atoms with van der Waals surface area (Å²) in [5.74, 6) is 2.07. The van der Waals surface area contributed by atoms with Crippen molar-refractivity contribution in [3.8, 4) is 5.75 Å². The number of methoxy groups -OCH3 is 1. The van der Waals surface area contributed by atoms with E-state index in [9.17, 15) is 10.1 Å². The van der Waals surface area contributed by atoms with E-state index in [0.717, 1.165) is 30.2 Å². The minimum Gasteiger partial charge on any atom is -0.490 e. The van der Waals surface area contributed by atoms with Crippen LogP contribution in [0.5, 0.6) is 5.75 Å². The van der Waals surface area contributed by atoms with Gasteiger partial charge in [0.15, 0.2) is 5.75 Å². The van der Waals surface area contributed by atoms with Gasteiger partial charge in [-0.25, -0.2) is 0 Å². The first kappa shape index (κ1) is 19.3. The molecule has 8 heteroatoms. The number of ether oxygens (including phenoxy) is 2. The monoisotopic (exact) mass is 375 g/mol. The van der Waals surface area contributed by atoms with Gasteiger partial charge in [0, 0.05) is 32.2 Å². The van der Waals surface area contributed by atoms with Crippen LogP contribution in [0.3, 0.4) is 0 Å². The maximum atomic E-state index is 11.2. The minimum absolute atomic E-state index is 0.0248. The van der Waals surface area contributed by atoms with Crippen LogP contribution in [0.4, 0.5) is 5.69 Å². The van der Waals surface area contributed by atoms with Gasteiger partial charge in [0.05, 0.1) is 31.3 Å². The molecule has 2 aromatic rings. The number of morpholine rings is 1. The molecule has 0 amide bonds. The van der Waals surface area contributed by atoms with Crippen LogP contribution in [-0.4, -0.2) is 49.8 Å². The third-order valence-electron chi connectivity index (χ3n) is 4.68. The molecule has 1 saturated heterocycles. The van der Waals surface area contributed by atoms with Gasteiger partial charge in [0.25, 0.3) is 0 Å². The zero-order chi connectivity index (χ0) is 19.2. The molecular formula is C19H25N3O5. The summed E-state index contributed by atoms with van der Waals surface area (Å²) in [6.07, 6.45) is 0. The Hall–Kier alpha value is -2.42. The van der Waals surface area contributed by atoms with Crippen molar-refractivity contribution in [2.24, 2.45) is 0 Å². The highest BCUT2D eigenvalue weighted by molar-refractivity contribution is 5.48. The van der Waals surface area contributed by atoms with Crippen molar-refractivity contribution in [2.75, 3.05) is 40.0 Å². The van der Waals surface area contributed by atoms with Gasteiger partial charge in [-0.15, -0.1) is 0 Å². The Morgan fingerprint density at radius 1 is 1.30 bits per heavy atom. The number of nitrogens with one attached hydrogen (secondary N) is 1. The molecule has 0 radical (unpaired) electrons. The molecule has 0 aliphatic carbocycles. The maximum Gasteiger partial charge on any atom is 0.311 e. The summed E-state index contributed by atoms with van der Waals surface area (Å²) in [7, 11) is 1.43. The SMILES string of the molecule is COc1ccc(CNCC(c2ccc(C)o2)N2CCOCC2)cc1[N+](=O)[O-]. The minimum atomic E-state index is -0.426. The lowest BCUT2D eigenvalue weighted by atomic mass is 10.1. The Morgan fingerprint density at radius 3 is 2.70 bits per heavy atom. The fourth-order valence-corrected chi connectivity index (χ4v) is 3.27. The van der Waals surface area contributed by atoms with Crippen molar-refractivity contribution in [2.45, 2.75) is 19.5 Å². The van der Waals surface area contributed by atoms with Gasteiger partial charge >= 0.3 is 5.69 Å². The lowest BCUT2D eigenvalue weighted by Crippen LogP contribution is -2.42. The number of nitro groups is 1. The van der Waals surface area contributed by atoms with Gasteiger partial charge in [-0.05, 0) is 30.7 Å². The predicted molar refractivity (Wildman–Crippen MR) is 99.9 cm³/mol. The molecule has 1 unspecified atom stereocenters. The summed E-state index contributed by atoms with van der Waals surface area (Å²) in [5.41, 5.74) is 0.807. The molecule has 1 aliphatic heterocycles. The Kier molecular flexibility index (Phi) is 6.44. The van der Waals surface area contributed by atoms with E-state index in [1.807, 2.05) is 25.1 Å². The van der Waals surface area contributed by atoms with Crippen LogP contribution in [0.2, 0.25) is 0 Å². The van der Waals surface area contributed by atoms with Crippen LogP contribution in [-0.2, 0) is 11.3 Å². The van der Waals surface area contributed by atoms with E-state index in [1.165, 1.54) is 7.11 Å². The quantitative estimate of drug-likeness (QED) is 0.560. The zero-order valence-electron chi connectivity index (χ0n) is 15.6. The lowest BCUT2D eigenvalue weighted by molar-refractivity contribution is -0.385. The smallest absolute Gasteiger partial charge is 0.311 e. The van der Waals surface area contributed by atoms with Crippen LogP contribution in [0.15, 0.2) is 34.7 Å². The van der Waals surface area contributed by atoms with E-state index >= 15 is 0 Å². The largest absolute Gasteiger partial charge is 0.490 e. The molecule has 27 heavy (non-hydrogen) atoms. The normalized spacial score (nSPS) is 16.2. The van der Waals surface area contributed by atoms with E-state index < -0.39 is 4.92 Å². The second-order valence-electron chi connectivity index (χ2n) is 6.51. The van der Waals surface area contributed by atoms with E-state index in [-0.39, 0.29) is 17.5 Å². The van der Waals surface area contributed by atoms with Gasteiger partial charge in [0.1, 0.15) is 11.5 Å². The van der Waals surface area contributed by atoms with Crippen molar-refractivity contribution < 1.29 is 18.8 Å². The number of benzene rings is 1. The fourth-order valence-electron chi connectivity index (χ4n) is 3.27. The van der Waals surface area contributed by atoms with Gasteiger partial charge < -0.3 is 19.2 Å². The van der Waals surface area contributed by atoms with E-state index in [0.29, 0.717) is 26.3 Å². The number of aryl methyl sites for hydroxylation is 1. The van der Waals surface area contributed by atoms with Gasteiger partial charge in [0.2, 0.25) is 0 Å². The van der Waals surface area contributed by atoms with E-state index in [4.69, 9.17) is 13.9 Å². The van der Waals surface area contributed by atoms with Crippen molar-refractivity contribution in [3.63, 3.8) is 0 Å². The molecule has 8 nitrogen and oxygen atoms in total. The molecule has 1 aromatic carbocycles. The summed E-state index contributed by atoms with van der Waals surface area (Å²) >= 11 is 0. The first-order valence-corrected chi connectivity index (χ1v) is 8.98. The molecule has 1 N–H and O–H groups in total. The summed E-state index contributed by atoms with van der Waals surface area (Å²) < 4.78 is 16.4. The first-order valence-electron chi connectivity index (χ1n) is 8.98. The van der Waals surface area contributed by atoms with Crippen LogP contribution < -0.4 is 10.1 Å². The Bertz CT molecular complexity index is 770. The van der Waals surface area contributed by atoms with Crippen molar-refractivity contribution in [1.82, 2.24) is 10.2 Å². The number of nitrogens with zero attached hydrogens (tertiary/aromatic N) is 2. The third-order valence-corrected chi connectivity index (χ3v) is 4.68. The number of hydrogen-bond acceptors (Lipinski definition) is 7. The number of hydrogen-bond donors (Lipinski definition) is 1. The van der Waals surface area contributed by atoms with Crippen LogP contribution >= 0.6 is 0 Å². The average Bonchev–Trinajstić information content (AvgIpc) is 3.11.